The number of rotatable bonds is 3. The van der Waals surface area contributed by atoms with Crippen LogP contribution in [0.5, 0.6) is 5.75 Å². The molecule has 3 nitrogen and oxygen atoms in total. The van der Waals surface area contributed by atoms with Gasteiger partial charge in [0.2, 0.25) is 0 Å². The van der Waals surface area contributed by atoms with Gasteiger partial charge in [0.1, 0.15) is 11.4 Å². The number of hydrogen-bond donors (Lipinski definition) is 1. The van der Waals surface area contributed by atoms with E-state index in [9.17, 15) is 13.2 Å². The average molecular weight is 282 g/mol. The maximum absolute atomic E-state index is 12.5. The standard InChI is InChI=1S/C14H13F3N2O/c1-18-11-5-10(6-12(7-11)20-2)9-3-4-13(19-8-9)14(15,16)17/h3-8,18H,1-2H3. The van der Waals surface area contributed by atoms with E-state index >= 15 is 0 Å². The van der Waals surface area contributed by atoms with Crippen molar-refractivity contribution >= 4 is 5.69 Å². The quantitative estimate of drug-likeness (QED) is 0.929. The summed E-state index contributed by atoms with van der Waals surface area (Å²) >= 11 is 0. The summed E-state index contributed by atoms with van der Waals surface area (Å²) in [6.07, 6.45) is -3.22. The molecule has 0 unspecified atom stereocenters. The van der Waals surface area contributed by atoms with E-state index in [1.54, 1.807) is 19.2 Å². The zero-order chi connectivity index (χ0) is 14.8. The Morgan fingerprint density at radius 3 is 2.35 bits per heavy atom. The number of alkyl halides is 3. The van der Waals surface area contributed by atoms with Gasteiger partial charge in [0.25, 0.3) is 0 Å². The lowest BCUT2D eigenvalue weighted by Gasteiger charge is -2.10. The van der Waals surface area contributed by atoms with Gasteiger partial charge in [-0.2, -0.15) is 13.2 Å². The van der Waals surface area contributed by atoms with E-state index in [4.69, 9.17) is 4.74 Å². The Balaban J connectivity index is 2.41. The summed E-state index contributed by atoms with van der Waals surface area (Å²) in [5, 5.41) is 2.97. The number of pyridine rings is 1. The van der Waals surface area contributed by atoms with E-state index < -0.39 is 11.9 Å². The van der Waals surface area contributed by atoms with E-state index in [-0.39, 0.29) is 0 Å². The van der Waals surface area contributed by atoms with Crippen LogP contribution >= 0.6 is 0 Å². The van der Waals surface area contributed by atoms with Gasteiger partial charge in [0.05, 0.1) is 7.11 Å². The van der Waals surface area contributed by atoms with Crippen LogP contribution in [0.3, 0.4) is 0 Å². The number of benzene rings is 1. The molecule has 6 heteroatoms. The number of methoxy groups -OCH3 is 1. The molecule has 106 valence electrons. The third-order valence-corrected chi connectivity index (χ3v) is 2.82. The fourth-order valence-electron chi connectivity index (χ4n) is 1.76. The SMILES string of the molecule is CNc1cc(OC)cc(-c2ccc(C(F)(F)F)nc2)c1. The average Bonchev–Trinajstić information content (AvgIpc) is 2.46. The number of aromatic nitrogens is 1. The lowest BCUT2D eigenvalue weighted by Crippen LogP contribution is -2.07. The van der Waals surface area contributed by atoms with Crippen LogP contribution in [0.15, 0.2) is 36.5 Å². The van der Waals surface area contributed by atoms with Gasteiger partial charge in [-0.1, -0.05) is 6.07 Å². The summed E-state index contributed by atoms with van der Waals surface area (Å²) in [6.45, 7) is 0. The third kappa shape index (κ3) is 3.01. The Kier molecular flexibility index (Phi) is 3.83. The van der Waals surface area contributed by atoms with Crippen molar-refractivity contribution in [3.05, 3.63) is 42.2 Å². The predicted octanol–water partition coefficient (Wildman–Crippen LogP) is 3.82. The van der Waals surface area contributed by atoms with Gasteiger partial charge in [-0.15, -0.1) is 0 Å². The molecule has 0 bridgehead atoms. The van der Waals surface area contributed by atoms with Gasteiger partial charge in [0.15, 0.2) is 0 Å². The Morgan fingerprint density at radius 1 is 1.10 bits per heavy atom. The van der Waals surface area contributed by atoms with E-state index in [0.29, 0.717) is 11.3 Å². The molecule has 0 radical (unpaired) electrons. The summed E-state index contributed by atoms with van der Waals surface area (Å²) in [7, 11) is 3.28. The van der Waals surface area contributed by atoms with Crippen molar-refractivity contribution in [3.63, 3.8) is 0 Å². The number of ether oxygens (including phenoxy) is 1. The topological polar surface area (TPSA) is 34.1 Å². The number of hydrogen-bond acceptors (Lipinski definition) is 3. The Hall–Kier alpha value is -2.24. The van der Waals surface area contributed by atoms with Crippen LogP contribution in [0.25, 0.3) is 11.1 Å². The minimum absolute atomic E-state index is 0.591. The highest BCUT2D eigenvalue weighted by atomic mass is 19.4. The molecule has 0 aliphatic rings. The maximum Gasteiger partial charge on any atom is 0.433 e. The van der Waals surface area contributed by atoms with E-state index in [0.717, 1.165) is 17.3 Å². The normalized spacial score (nSPS) is 11.2. The maximum atomic E-state index is 12.5. The van der Waals surface area contributed by atoms with Gasteiger partial charge < -0.3 is 10.1 Å². The molecule has 0 saturated heterocycles. The Bertz CT molecular complexity index is 572. The van der Waals surface area contributed by atoms with Crippen molar-refractivity contribution in [2.24, 2.45) is 0 Å². The molecule has 1 aromatic heterocycles. The van der Waals surface area contributed by atoms with Crippen molar-refractivity contribution in [2.75, 3.05) is 19.5 Å². The van der Waals surface area contributed by atoms with E-state index in [1.807, 2.05) is 6.07 Å². The van der Waals surface area contributed by atoms with Gasteiger partial charge in [0, 0.05) is 30.6 Å². The minimum Gasteiger partial charge on any atom is -0.497 e. The van der Waals surface area contributed by atoms with E-state index in [1.165, 1.54) is 19.4 Å². The number of nitrogens with one attached hydrogen (secondary N) is 1. The zero-order valence-corrected chi connectivity index (χ0v) is 11.0. The largest absolute Gasteiger partial charge is 0.497 e. The van der Waals surface area contributed by atoms with Crippen molar-refractivity contribution in [2.45, 2.75) is 6.18 Å². The summed E-state index contributed by atoms with van der Waals surface area (Å²) < 4.78 is 42.6. The molecule has 0 atom stereocenters. The van der Waals surface area contributed by atoms with Gasteiger partial charge in [-0.3, -0.25) is 4.98 Å². The molecule has 0 aliphatic carbocycles. The fraction of sp³-hybridized carbons (Fsp3) is 0.214. The molecule has 2 rings (SSSR count). The smallest absolute Gasteiger partial charge is 0.433 e. The third-order valence-electron chi connectivity index (χ3n) is 2.82. The molecule has 0 saturated carbocycles. The summed E-state index contributed by atoms with van der Waals surface area (Å²) in [4.78, 5) is 3.45. The van der Waals surface area contributed by atoms with Crippen molar-refractivity contribution < 1.29 is 17.9 Å². The molecule has 20 heavy (non-hydrogen) atoms. The first-order chi connectivity index (χ1) is 9.44. The predicted molar refractivity (Wildman–Crippen MR) is 70.8 cm³/mol. The Morgan fingerprint density at radius 2 is 1.85 bits per heavy atom. The summed E-state index contributed by atoms with van der Waals surface area (Å²) in [5.74, 6) is 0.617. The summed E-state index contributed by atoms with van der Waals surface area (Å²) in [6, 6.07) is 7.71. The Labute approximate surface area is 114 Å². The second-order valence-corrected chi connectivity index (χ2v) is 4.13. The van der Waals surface area contributed by atoms with Crippen LogP contribution in [0, 0.1) is 0 Å². The van der Waals surface area contributed by atoms with Crippen LogP contribution < -0.4 is 10.1 Å². The van der Waals surface area contributed by atoms with Crippen LogP contribution in [0.4, 0.5) is 18.9 Å². The highest BCUT2D eigenvalue weighted by Gasteiger charge is 2.32. The molecular formula is C14H13F3N2O. The lowest BCUT2D eigenvalue weighted by molar-refractivity contribution is -0.141. The van der Waals surface area contributed by atoms with Crippen molar-refractivity contribution in [1.29, 1.82) is 0 Å². The molecule has 1 N–H and O–H groups in total. The van der Waals surface area contributed by atoms with E-state index in [2.05, 4.69) is 10.3 Å². The van der Waals surface area contributed by atoms with Crippen molar-refractivity contribution in [3.8, 4) is 16.9 Å². The first kappa shape index (κ1) is 14.2. The molecule has 0 amide bonds. The molecule has 0 spiro atoms. The van der Waals surface area contributed by atoms with Crippen LogP contribution in [-0.4, -0.2) is 19.1 Å². The first-order valence-electron chi connectivity index (χ1n) is 5.84. The number of nitrogens with zero attached hydrogens (tertiary/aromatic N) is 1. The lowest BCUT2D eigenvalue weighted by atomic mass is 10.1. The van der Waals surface area contributed by atoms with Gasteiger partial charge >= 0.3 is 6.18 Å². The van der Waals surface area contributed by atoms with Gasteiger partial charge in [-0.05, 0) is 23.8 Å². The molecule has 0 fully saturated rings. The molecule has 1 aromatic carbocycles. The first-order valence-corrected chi connectivity index (χ1v) is 5.84. The van der Waals surface area contributed by atoms with Crippen LogP contribution in [-0.2, 0) is 6.18 Å². The van der Waals surface area contributed by atoms with Gasteiger partial charge in [-0.25, -0.2) is 0 Å². The molecule has 2 aromatic rings. The molecule has 0 aliphatic heterocycles. The highest BCUT2D eigenvalue weighted by Crippen LogP contribution is 2.31. The van der Waals surface area contributed by atoms with Crippen LogP contribution in [0.2, 0.25) is 0 Å². The minimum atomic E-state index is -4.43. The number of halogens is 3. The van der Waals surface area contributed by atoms with Crippen molar-refractivity contribution in [1.82, 2.24) is 4.98 Å². The number of anilines is 1. The monoisotopic (exact) mass is 282 g/mol. The fourth-order valence-corrected chi connectivity index (χ4v) is 1.76. The zero-order valence-electron chi connectivity index (χ0n) is 11.0. The molecular weight excluding hydrogens is 269 g/mol. The summed E-state index contributed by atoms with van der Waals surface area (Å²) in [5.41, 5.74) is 1.22. The van der Waals surface area contributed by atoms with Crippen LogP contribution in [0.1, 0.15) is 5.69 Å². The second-order valence-electron chi connectivity index (χ2n) is 4.13. The second kappa shape index (κ2) is 5.40. The molecule has 1 heterocycles. The highest BCUT2D eigenvalue weighted by molar-refractivity contribution is 5.70.